The summed E-state index contributed by atoms with van der Waals surface area (Å²) in [4.78, 5) is 49.1. The Morgan fingerprint density at radius 1 is 1.06 bits per heavy atom. The molecule has 5 rings (SSSR count). The molecule has 0 spiro atoms. The van der Waals surface area contributed by atoms with Gasteiger partial charge in [-0.1, -0.05) is 29.5 Å². The van der Waals surface area contributed by atoms with Gasteiger partial charge in [0.15, 0.2) is 10.9 Å². The Balaban J connectivity index is 1.76. The predicted octanol–water partition coefficient (Wildman–Crippen LogP) is 3.53. The van der Waals surface area contributed by atoms with E-state index in [1.165, 1.54) is 19.2 Å². The third-order valence-corrected chi connectivity index (χ3v) is 7.08. The van der Waals surface area contributed by atoms with Crippen LogP contribution < -0.4 is 4.90 Å². The second-order valence-electron chi connectivity index (χ2n) is 8.14. The highest BCUT2D eigenvalue weighted by molar-refractivity contribution is 7.17. The van der Waals surface area contributed by atoms with Gasteiger partial charge in [-0.2, -0.15) is 0 Å². The molecule has 11 heteroatoms. The number of aromatic nitrogens is 3. The van der Waals surface area contributed by atoms with Crippen molar-refractivity contribution in [3.05, 3.63) is 81.8 Å². The van der Waals surface area contributed by atoms with Crippen LogP contribution in [0.5, 0.6) is 5.75 Å². The molecule has 0 aliphatic carbocycles. The summed E-state index contributed by atoms with van der Waals surface area (Å²) in [5.41, 5.74) is 1.93. The van der Waals surface area contributed by atoms with E-state index in [1.54, 1.807) is 54.8 Å². The molecule has 1 saturated heterocycles. The first-order valence-corrected chi connectivity index (χ1v) is 11.6. The fourth-order valence-corrected chi connectivity index (χ4v) is 5.31. The Morgan fingerprint density at radius 2 is 1.78 bits per heavy atom. The molecular weight excluding hydrogens is 484 g/mol. The minimum Gasteiger partial charge on any atom is -0.508 e. The van der Waals surface area contributed by atoms with E-state index in [0.717, 1.165) is 16.2 Å². The van der Waals surface area contributed by atoms with Gasteiger partial charge in [-0.3, -0.25) is 18.9 Å². The maximum Gasteiger partial charge on any atom is 0.350 e. The van der Waals surface area contributed by atoms with E-state index in [0.29, 0.717) is 22.6 Å². The Bertz CT molecular complexity index is 1580. The van der Waals surface area contributed by atoms with Crippen molar-refractivity contribution in [3.8, 4) is 5.75 Å². The first-order valence-electron chi connectivity index (χ1n) is 10.8. The summed E-state index contributed by atoms with van der Waals surface area (Å²) in [5.74, 6) is -2.84. The number of carbonyl (C=O) groups is 3. The number of aliphatic hydroxyl groups excluding tert-OH is 1. The number of ether oxygens (including phenoxy) is 1. The number of amides is 1. The first kappa shape index (κ1) is 23.2. The summed E-state index contributed by atoms with van der Waals surface area (Å²) < 4.78 is 6.44. The van der Waals surface area contributed by atoms with Gasteiger partial charge in [-0.05, 0) is 43.7 Å². The lowest BCUT2D eigenvalue weighted by Crippen LogP contribution is -2.29. The number of pyridine rings is 1. The minimum atomic E-state index is -1.07. The minimum absolute atomic E-state index is 0.00796. The van der Waals surface area contributed by atoms with Gasteiger partial charge < -0.3 is 14.9 Å². The largest absolute Gasteiger partial charge is 0.508 e. The molecule has 0 radical (unpaired) electrons. The molecule has 1 fully saturated rings. The summed E-state index contributed by atoms with van der Waals surface area (Å²) in [6, 6.07) is 10.2. The van der Waals surface area contributed by atoms with Gasteiger partial charge in [-0.15, -0.1) is 0 Å². The molecule has 0 saturated carbocycles. The number of aryl methyl sites for hydroxylation is 2. The van der Waals surface area contributed by atoms with Crippen LogP contribution in [0.4, 0.5) is 5.13 Å². The highest BCUT2D eigenvalue weighted by atomic mass is 32.1. The average Bonchev–Trinajstić information content (AvgIpc) is 3.49. The second kappa shape index (κ2) is 8.61. The SMILES string of the molecule is COC(=O)c1sc(N2C(=O)C(=O)/C(=C(/O)c3c(C)nc4ccccn34)C2c2ccc(O)cc2)nc1C. The van der Waals surface area contributed by atoms with E-state index in [4.69, 9.17) is 4.74 Å². The molecule has 4 aromatic rings. The molecule has 1 aromatic carbocycles. The van der Waals surface area contributed by atoms with Gasteiger partial charge in [0.2, 0.25) is 0 Å². The van der Waals surface area contributed by atoms with Gasteiger partial charge >= 0.3 is 11.9 Å². The van der Waals surface area contributed by atoms with E-state index >= 15 is 0 Å². The number of phenols is 1. The zero-order valence-electron chi connectivity index (χ0n) is 19.4. The molecule has 1 aliphatic heterocycles. The fourth-order valence-electron chi connectivity index (χ4n) is 4.30. The molecule has 182 valence electrons. The summed E-state index contributed by atoms with van der Waals surface area (Å²) in [6.07, 6.45) is 1.70. The van der Waals surface area contributed by atoms with E-state index < -0.39 is 29.5 Å². The van der Waals surface area contributed by atoms with Crippen LogP contribution in [-0.4, -0.2) is 49.4 Å². The van der Waals surface area contributed by atoms with Gasteiger partial charge in [-0.25, -0.2) is 14.8 Å². The standard InChI is InChI=1S/C25H20N4O6S/c1-12-18(28-11-5-4-6-16(28)26-12)20(31)17-19(14-7-9-15(30)10-8-14)29(23(33)21(17)32)25-27-13(2)22(36-25)24(34)35-3/h4-11,19,30-31H,1-3H3/b20-17+. The molecule has 1 unspecified atom stereocenters. The number of nitrogens with zero attached hydrogens (tertiary/aromatic N) is 4. The smallest absolute Gasteiger partial charge is 0.350 e. The van der Waals surface area contributed by atoms with Crippen LogP contribution in [0, 0.1) is 13.8 Å². The molecule has 0 bridgehead atoms. The van der Waals surface area contributed by atoms with Crippen molar-refractivity contribution in [2.75, 3.05) is 12.0 Å². The number of hydrogen-bond donors (Lipinski definition) is 2. The molecule has 10 nitrogen and oxygen atoms in total. The number of anilines is 1. The summed E-state index contributed by atoms with van der Waals surface area (Å²) in [5, 5.41) is 21.4. The van der Waals surface area contributed by atoms with Crippen LogP contribution in [0.2, 0.25) is 0 Å². The quantitative estimate of drug-likeness (QED) is 0.187. The van der Waals surface area contributed by atoms with Crippen molar-refractivity contribution >= 4 is 45.5 Å². The molecule has 4 heterocycles. The molecule has 1 atom stereocenters. The summed E-state index contributed by atoms with van der Waals surface area (Å²) >= 11 is 0.910. The average molecular weight is 505 g/mol. The molecule has 2 N–H and O–H groups in total. The van der Waals surface area contributed by atoms with Crippen LogP contribution in [-0.2, 0) is 14.3 Å². The van der Waals surface area contributed by atoms with Crippen LogP contribution in [0.1, 0.15) is 38.4 Å². The molecule has 1 aliphatic rings. The third-order valence-electron chi connectivity index (χ3n) is 5.94. The van der Waals surface area contributed by atoms with Gasteiger partial charge in [0.25, 0.3) is 5.78 Å². The predicted molar refractivity (Wildman–Crippen MR) is 131 cm³/mol. The summed E-state index contributed by atoms with van der Waals surface area (Å²) in [7, 11) is 1.24. The number of methoxy groups -OCH3 is 1. The number of phenolic OH excluding ortho intramolecular Hbond substituents is 1. The van der Waals surface area contributed by atoms with E-state index in [1.807, 2.05) is 0 Å². The van der Waals surface area contributed by atoms with E-state index in [-0.39, 0.29) is 27.0 Å². The number of imidazole rings is 1. The number of aliphatic hydroxyl groups is 1. The number of ketones is 1. The number of Topliss-reactive ketones (excluding diaryl/α,β-unsaturated/α-hetero) is 1. The third kappa shape index (κ3) is 3.52. The monoisotopic (exact) mass is 504 g/mol. The number of hydrogen-bond acceptors (Lipinski definition) is 9. The Kier molecular flexibility index (Phi) is 5.56. The number of esters is 1. The number of aromatic hydroxyl groups is 1. The topological polar surface area (TPSA) is 134 Å². The van der Waals surface area contributed by atoms with Gasteiger partial charge in [0.1, 0.15) is 22.0 Å². The Morgan fingerprint density at radius 3 is 2.47 bits per heavy atom. The fraction of sp³-hybridized carbons (Fsp3) is 0.160. The van der Waals surface area contributed by atoms with Crippen LogP contribution >= 0.6 is 11.3 Å². The number of thiazole rings is 1. The highest BCUT2D eigenvalue weighted by Gasteiger charge is 2.49. The molecule has 1 amide bonds. The summed E-state index contributed by atoms with van der Waals surface area (Å²) in [6.45, 7) is 3.29. The van der Waals surface area contributed by atoms with Crippen LogP contribution in [0.25, 0.3) is 11.4 Å². The Hall–Kier alpha value is -4.51. The van der Waals surface area contributed by atoms with Crippen molar-refractivity contribution in [2.45, 2.75) is 19.9 Å². The zero-order valence-corrected chi connectivity index (χ0v) is 20.2. The maximum atomic E-state index is 13.4. The van der Waals surface area contributed by atoms with Crippen molar-refractivity contribution in [3.63, 3.8) is 0 Å². The lowest BCUT2D eigenvalue weighted by Gasteiger charge is -2.23. The van der Waals surface area contributed by atoms with Crippen molar-refractivity contribution < 1.29 is 29.3 Å². The number of rotatable bonds is 4. The van der Waals surface area contributed by atoms with E-state index in [9.17, 15) is 24.6 Å². The van der Waals surface area contributed by atoms with Gasteiger partial charge in [0, 0.05) is 6.20 Å². The van der Waals surface area contributed by atoms with Crippen molar-refractivity contribution in [1.29, 1.82) is 0 Å². The maximum absolute atomic E-state index is 13.4. The van der Waals surface area contributed by atoms with E-state index in [2.05, 4.69) is 9.97 Å². The molecule has 3 aromatic heterocycles. The lowest BCUT2D eigenvalue weighted by molar-refractivity contribution is -0.132. The second-order valence-corrected chi connectivity index (χ2v) is 9.12. The molecular formula is C25H20N4O6S. The van der Waals surface area contributed by atoms with Crippen molar-refractivity contribution in [1.82, 2.24) is 14.4 Å². The normalized spacial score (nSPS) is 17.2. The first-order chi connectivity index (χ1) is 17.2. The lowest BCUT2D eigenvalue weighted by atomic mass is 9.96. The number of fused-ring (bicyclic) bond motifs is 1. The zero-order chi connectivity index (χ0) is 25.7. The van der Waals surface area contributed by atoms with Crippen LogP contribution in [0.3, 0.4) is 0 Å². The highest BCUT2D eigenvalue weighted by Crippen LogP contribution is 2.44. The Labute approximate surface area is 208 Å². The number of carbonyl (C=O) groups excluding carboxylic acids is 3. The van der Waals surface area contributed by atoms with Gasteiger partial charge in [0.05, 0.1) is 30.1 Å². The number of benzene rings is 1. The molecule has 36 heavy (non-hydrogen) atoms. The van der Waals surface area contributed by atoms with Crippen LogP contribution in [0.15, 0.2) is 54.2 Å². The van der Waals surface area contributed by atoms with Crippen molar-refractivity contribution in [2.24, 2.45) is 0 Å².